The highest BCUT2D eigenvalue weighted by Gasteiger charge is 2.06. The van der Waals surface area contributed by atoms with Crippen LogP contribution < -0.4 is 10.6 Å². The summed E-state index contributed by atoms with van der Waals surface area (Å²) in [6.45, 7) is 5.25. The molecule has 4 nitrogen and oxygen atoms in total. The summed E-state index contributed by atoms with van der Waals surface area (Å²) in [5.41, 5.74) is 1.43. The van der Waals surface area contributed by atoms with E-state index in [9.17, 15) is 8.78 Å². The predicted octanol–water partition coefficient (Wildman–Crippen LogP) is 2.99. The molecule has 0 unspecified atom stereocenters. The molecule has 1 heterocycles. The molecule has 0 bridgehead atoms. The molecule has 0 fully saturated rings. The van der Waals surface area contributed by atoms with Crippen LogP contribution in [0.1, 0.15) is 21.1 Å². The van der Waals surface area contributed by atoms with Crippen LogP contribution in [-0.2, 0) is 12.8 Å². The highest BCUT2D eigenvalue weighted by Crippen LogP contribution is 2.16. The summed E-state index contributed by atoms with van der Waals surface area (Å²) >= 11 is 1.70. The van der Waals surface area contributed by atoms with E-state index in [-0.39, 0.29) is 0 Å². The van der Waals surface area contributed by atoms with Crippen molar-refractivity contribution < 1.29 is 8.78 Å². The summed E-state index contributed by atoms with van der Waals surface area (Å²) in [6.07, 6.45) is 1.20. The van der Waals surface area contributed by atoms with Crippen molar-refractivity contribution in [3.8, 4) is 0 Å². The number of benzene rings is 1. The number of aromatic nitrogens is 1. The number of aliphatic imine (C=N–C) groups is 1. The predicted molar refractivity (Wildman–Crippen MR) is 94.7 cm³/mol. The lowest BCUT2D eigenvalue weighted by atomic mass is 10.1. The number of hydrogen-bond acceptors (Lipinski definition) is 3. The third kappa shape index (κ3) is 5.26. The molecule has 0 aliphatic carbocycles. The maximum atomic E-state index is 13.6. The van der Waals surface area contributed by atoms with E-state index in [2.05, 4.69) is 27.5 Å². The number of halogens is 2. The Morgan fingerprint density at radius 2 is 1.88 bits per heavy atom. The van der Waals surface area contributed by atoms with Crippen LogP contribution in [0.25, 0.3) is 0 Å². The third-order valence-electron chi connectivity index (χ3n) is 3.62. The molecule has 1 aromatic heterocycles. The second-order valence-electron chi connectivity index (χ2n) is 5.41. The van der Waals surface area contributed by atoms with Crippen molar-refractivity contribution >= 4 is 17.3 Å². The van der Waals surface area contributed by atoms with E-state index in [0.717, 1.165) is 29.3 Å². The Labute approximate surface area is 145 Å². The fourth-order valence-corrected chi connectivity index (χ4v) is 3.14. The van der Waals surface area contributed by atoms with Crippen LogP contribution in [0.4, 0.5) is 8.78 Å². The highest BCUT2D eigenvalue weighted by molar-refractivity contribution is 7.11. The number of aryl methyl sites for hydroxylation is 2. The summed E-state index contributed by atoms with van der Waals surface area (Å²) in [5.74, 6) is -0.185. The summed E-state index contributed by atoms with van der Waals surface area (Å²) < 4.78 is 26.7. The molecule has 7 heteroatoms. The smallest absolute Gasteiger partial charge is 0.191 e. The largest absolute Gasteiger partial charge is 0.356 e. The monoisotopic (exact) mass is 352 g/mol. The van der Waals surface area contributed by atoms with E-state index in [1.807, 2.05) is 6.92 Å². The lowest BCUT2D eigenvalue weighted by Gasteiger charge is -2.11. The van der Waals surface area contributed by atoms with E-state index in [1.165, 1.54) is 10.9 Å². The highest BCUT2D eigenvalue weighted by atomic mass is 32.1. The van der Waals surface area contributed by atoms with Crippen molar-refractivity contribution in [1.29, 1.82) is 0 Å². The molecule has 0 saturated carbocycles. The normalized spacial score (nSPS) is 11.6. The van der Waals surface area contributed by atoms with Gasteiger partial charge in [0.25, 0.3) is 0 Å². The quantitative estimate of drug-likeness (QED) is 0.621. The van der Waals surface area contributed by atoms with Crippen LogP contribution in [0.15, 0.2) is 23.2 Å². The SMILES string of the molecule is CN=C(NCCc1nc(C)c(C)s1)NCCc1cc(F)ccc1F. The molecule has 0 spiro atoms. The van der Waals surface area contributed by atoms with Crippen LogP contribution in [0.3, 0.4) is 0 Å². The van der Waals surface area contributed by atoms with Gasteiger partial charge in [-0.1, -0.05) is 0 Å². The second kappa shape index (κ2) is 8.73. The zero-order chi connectivity index (χ0) is 17.5. The van der Waals surface area contributed by atoms with E-state index in [1.54, 1.807) is 18.4 Å². The first-order valence-electron chi connectivity index (χ1n) is 7.81. The molecule has 1 aromatic carbocycles. The average Bonchev–Trinajstić information content (AvgIpc) is 2.87. The van der Waals surface area contributed by atoms with Gasteiger partial charge in [-0.05, 0) is 44.0 Å². The number of nitrogens with one attached hydrogen (secondary N) is 2. The maximum Gasteiger partial charge on any atom is 0.191 e. The number of rotatable bonds is 6. The maximum absolute atomic E-state index is 13.6. The zero-order valence-corrected chi connectivity index (χ0v) is 14.9. The first-order valence-corrected chi connectivity index (χ1v) is 8.62. The third-order valence-corrected chi connectivity index (χ3v) is 4.75. The first kappa shape index (κ1) is 18.3. The Balaban J connectivity index is 1.75. The van der Waals surface area contributed by atoms with E-state index >= 15 is 0 Å². The fraction of sp³-hybridized carbons (Fsp3) is 0.412. The average molecular weight is 352 g/mol. The minimum atomic E-state index is -0.428. The molecule has 24 heavy (non-hydrogen) atoms. The Morgan fingerprint density at radius 1 is 1.17 bits per heavy atom. The number of guanidine groups is 1. The molecule has 0 atom stereocenters. The van der Waals surface area contributed by atoms with Crippen LogP contribution >= 0.6 is 11.3 Å². The summed E-state index contributed by atoms with van der Waals surface area (Å²) in [4.78, 5) is 9.86. The van der Waals surface area contributed by atoms with Crippen molar-refractivity contribution in [2.75, 3.05) is 20.1 Å². The van der Waals surface area contributed by atoms with Gasteiger partial charge in [-0.25, -0.2) is 13.8 Å². The van der Waals surface area contributed by atoms with Gasteiger partial charge in [0.05, 0.1) is 10.7 Å². The molecule has 0 radical (unpaired) electrons. The number of thiazole rings is 1. The van der Waals surface area contributed by atoms with Crippen molar-refractivity contribution in [2.45, 2.75) is 26.7 Å². The standard InChI is InChI=1S/C17H22F2N4S/c1-11-12(2)24-16(23-11)7-9-22-17(20-3)21-8-6-13-10-14(18)4-5-15(13)19/h4-5,10H,6-9H2,1-3H3,(H2,20,21,22). The minimum Gasteiger partial charge on any atom is -0.356 e. The summed E-state index contributed by atoms with van der Waals surface area (Å²) in [6, 6.07) is 3.49. The van der Waals surface area contributed by atoms with E-state index < -0.39 is 11.6 Å². The van der Waals surface area contributed by atoms with Crippen LogP contribution in [0.2, 0.25) is 0 Å². The lowest BCUT2D eigenvalue weighted by Crippen LogP contribution is -2.39. The zero-order valence-electron chi connectivity index (χ0n) is 14.1. The van der Waals surface area contributed by atoms with Gasteiger partial charge >= 0.3 is 0 Å². The molecule has 2 aromatic rings. The molecular formula is C17H22F2N4S. The van der Waals surface area contributed by atoms with E-state index in [4.69, 9.17) is 0 Å². The Bertz CT molecular complexity index is 693. The Hall–Kier alpha value is -2.02. The second-order valence-corrected chi connectivity index (χ2v) is 6.70. The van der Waals surface area contributed by atoms with Crippen molar-refractivity contribution in [2.24, 2.45) is 4.99 Å². The van der Waals surface area contributed by atoms with Crippen LogP contribution in [-0.4, -0.2) is 31.1 Å². The van der Waals surface area contributed by atoms with Gasteiger partial charge in [0.1, 0.15) is 11.6 Å². The lowest BCUT2D eigenvalue weighted by molar-refractivity contribution is 0.583. The molecule has 130 valence electrons. The topological polar surface area (TPSA) is 49.3 Å². The van der Waals surface area contributed by atoms with Crippen LogP contribution in [0, 0.1) is 25.5 Å². The molecule has 2 N–H and O–H groups in total. The molecule has 2 rings (SSSR count). The van der Waals surface area contributed by atoms with Gasteiger partial charge in [-0.15, -0.1) is 11.3 Å². The van der Waals surface area contributed by atoms with Gasteiger partial charge in [-0.2, -0.15) is 0 Å². The summed E-state index contributed by atoms with van der Waals surface area (Å²) in [7, 11) is 1.68. The number of hydrogen-bond donors (Lipinski definition) is 2. The molecule has 0 aliphatic rings. The van der Waals surface area contributed by atoms with Crippen LogP contribution in [0.5, 0.6) is 0 Å². The van der Waals surface area contributed by atoms with Crippen molar-refractivity contribution in [1.82, 2.24) is 15.6 Å². The fourth-order valence-electron chi connectivity index (χ4n) is 2.21. The van der Waals surface area contributed by atoms with Gasteiger partial charge in [-0.3, -0.25) is 4.99 Å². The van der Waals surface area contributed by atoms with Gasteiger partial charge in [0.15, 0.2) is 5.96 Å². The van der Waals surface area contributed by atoms with Gasteiger partial charge in [0, 0.05) is 31.4 Å². The van der Waals surface area contributed by atoms with E-state index in [0.29, 0.717) is 31.0 Å². The Morgan fingerprint density at radius 3 is 2.50 bits per heavy atom. The molecule has 0 amide bonds. The summed E-state index contributed by atoms with van der Waals surface area (Å²) in [5, 5.41) is 7.39. The Kier molecular flexibility index (Phi) is 6.66. The first-order chi connectivity index (χ1) is 11.5. The van der Waals surface area contributed by atoms with Gasteiger partial charge < -0.3 is 10.6 Å². The molecular weight excluding hydrogens is 330 g/mol. The minimum absolute atomic E-state index is 0.353. The molecule has 0 aliphatic heterocycles. The number of nitrogens with zero attached hydrogens (tertiary/aromatic N) is 2. The van der Waals surface area contributed by atoms with Gasteiger partial charge in [0.2, 0.25) is 0 Å². The van der Waals surface area contributed by atoms with Crippen molar-refractivity contribution in [3.63, 3.8) is 0 Å². The van der Waals surface area contributed by atoms with Crippen molar-refractivity contribution in [3.05, 3.63) is 51.0 Å². The molecule has 0 saturated heterocycles.